The van der Waals surface area contributed by atoms with Gasteiger partial charge in [0.25, 0.3) is 11.5 Å². The average molecular weight is 423 g/mol. The average Bonchev–Trinajstić information content (AvgIpc) is 3.44. The van der Waals surface area contributed by atoms with Crippen molar-refractivity contribution in [1.82, 2.24) is 29.7 Å². The zero-order valence-electron chi connectivity index (χ0n) is 16.5. The van der Waals surface area contributed by atoms with Crippen molar-refractivity contribution >= 4 is 17.7 Å². The minimum atomic E-state index is -0.151. The summed E-state index contributed by atoms with van der Waals surface area (Å²) in [5.41, 5.74) is 3.08. The number of likely N-dealkylation sites (tertiary alicyclic amines) is 1. The Labute approximate surface area is 177 Å². The molecule has 5 rings (SSSR count). The number of aromatic nitrogens is 5. The number of carbonyl (C=O) groups is 1. The van der Waals surface area contributed by atoms with Gasteiger partial charge in [-0.25, -0.2) is 4.68 Å². The SMILES string of the molecule is O=C(c1cnn(-c2ccccc2)n1)N1CCCC1Cn1nc2c(cc1=O)CSCC2. The molecule has 0 aliphatic carbocycles. The van der Waals surface area contributed by atoms with E-state index in [2.05, 4.69) is 15.3 Å². The zero-order valence-corrected chi connectivity index (χ0v) is 17.3. The van der Waals surface area contributed by atoms with Gasteiger partial charge >= 0.3 is 0 Å². The molecule has 2 aliphatic rings. The van der Waals surface area contributed by atoms with Gasteiger partial charge in [-0.15, -0.1) is 5.10 Å². The van der Waals surface area contributed by atoms with Crippen LogP contribution >= 0.6 is 11.8 Å². The molecule has 9 heteroatoms. The number of thioether (sulfide) groups is 1. The first-order valence-electron chi connectivity index (χ1n) is 10.2. The molecule has 1 aromatic carbocycles. The quantitative estimate of drug-likeness (QED) is 0.639. The Kier molecular flexibility index (Phi) is 5.12. The lowest BCUT2D eigenvalue weighted by molar-refractivity contribution is 0.0713. The first kappa shape index (κ1) is 19.0. The van der Waals surface area contributed by atoms with Gasteiger partial charge in [0.05, 0.1) is 30.2 Å². The molecule has 1 saturated heterocycles. The molecule has 0 radical (unpaired) electrons. The number of rotatable bonds is 4. The van der Waals surface area contributed by atoms with E-state index in [1.54, 1.807) is 6.07 Å². The molecule has 8 nitrogen and oxygen atoms in total. The third-order valence-corrected chi connectivity index (χ3v) is 6.63. The molecule has 154 valence electrons. The van der Waals surface area contributed by atoms with E-state index in [-0.39, 0.29) is 17.5 Å². The number of hydrogen-bond acceptors (Lipinski definition) is 6. The molecule has 2 aromatic heterocycles. The van der Waals surface area contributed by atoms with Gasteiger partial charge in [-0.1, -0.05) is 18.2 Å². The van der Waals surface area contributed by atoms with Gasteiger partial charge in [0.15, 0.2) is 5.69 Å². The summed E-state index contributed by atoms with van der Waals surface area (Å²) in [6, 6.07) is 11.1. The maximum atomic E-state index is 13.1. The van der Waals surface area contributed by atoms with Gasteiger partial charge in [-0.05, 0) is 36.3 Å². The lowest BCUT2D eigenvalue weighted by Gasteiger charge is -2.24. The molecular weight excluding hydrogens is 400 g/mol. The molecule has 0 N–H and O–H groups in total. The zero-order chi connectivity index (χ0) is 20.5. The van der Waals surface area contributed by atoms with Crippen LogP contribution in [0.25, 0.3) is 5.69 Å². The van der Waals surface area contributed by atoms with Crippen molar-refractivity contribution in [3.8, 4) is 5.69 Å². The van der Waals surface area contributed by atoms with E-state index < -0.39 is 0 Å². The van der Waals surface area contributed by atoms with Gasteiger partial charge in [-0.2, -0.15) is 26.8 Å². The van der Waals surface area contributed by atoms with Crippen molar-refractivity contribution in [3.63, 3.8) is 0 Å². The van der Waals surface area contributed by atoms with Crippen LogP contribution in [0.4, 0.5) is 0 Å². The van der Waals surface area contributed by atoms with Crippen LogP contribution in [0.5, 0.6) is 0 Å². The Morgan fingerprint density at radius 3 is 2.93 bits per heavy atom. The highest BCUT2D eigenvalue weighted by atomic mass is 32.2. The molecule has 1 atom stereocenters. The second kappa shape index (κ2) is 8.06. The Hall–Kier alpha value is -2.94. The van der Waals surface area contributed by atoms with Crippen LogP contribution in [0.3, 0.4) is 0 Å². The van der Waals surface area contributed by atoms with Crippen molar-refractivity contribution in [3.05, 3.63) is 69.9 Å². The fourth-order valence-corrected chi connectivity index (χ4v) is 5.02. The number of aryl methyl sites for hydroxylation is 1. The molecule has 2 aliphatic heterocycles. The van der Waals surface area contributed by atoms with Crippen LogP contribution in [0.15, 0.2) is 47.4 Å². The lowest BCUT2D eigenvalue weighted by atomic mass is 10.2. The number of hydrogen-bond donors (Lipinski definition) is 0. The molecular formula is C21H22N6O2S. The highest BCUT2D eigenvalue weighted by Gasteiger charge is 2.32. The Morgan fingerprint density at radius 2 is 2.07 bits per heavy atom. The molecule has 30 heavy (non-hydrogen) atoms. The predicted molar refractivity (Wildman–Crippen MR) is 114 cm³/mol. The number of carbonyl (C=O) groups excluding carboxylic acids is 1. The smallest absolute Gasteiger partial charge is 0.276 e. The van der Waals surface area contributed by atoms with Crippen molar-refractivity contribution in [2.24, 2.45) is 0 Å². The van der Waals surface area contributed by atoms with Gasteiger partial charge in [0, 0.05) is 24.8 Å². The predicted octanol–water partition coefficient (Wildman–Crippen LogP) is 1.92. The fraction of sp³-hybridized carbons (Fsp3) is 0.381. The van der Waals surface area contributed by atoms with E-state index in [0.29, 0.717) is 18.8 Å². The molecule has 0 saturated carbocycles. The largest absolute Gasteiger partial charge is 0.332 e. The summed E-state index contributed by atoms with van der Waals surface area (Å²) in [6.07, 6.45) is 4.14. The third-order valence-electron chi connectivity index (χ3n) is 5.62. The molecule has 1 fully saturated rings. The van der Waals surface area contributed by atoms with Gasteiger partial charge in [0.1, 0.15) is 0 Å². The third kappa shape index (κ3) is 3.65. The van der Waals surface area contributed by atoms with Crippen LogP contribution in [0, 0.1) is 0 Å². The van der Waals surface area contributed by atoms with E-state index in [1.165, 1.54) is 15.7 Å². The lowest BCUT2D eigenvalue weighted by Crippen LogP contribution is -2.41. The summed E-state index contributed by atoms with van der Waals surface area (Å²) < 4.78 is 1.53. The minimum absolute atomic E-state index is 0.0689. The summed E-state index contributed by atoms with van der Waals surface area (Å²) >= 11 is 1.83. The molecule has 4 heterocycles. The molecule has 1 unspecified atom stereocenters. The maximum absolute atomic E-state index is 13.1. The fourth-order valence-electron chi connectivity index (χ4n) is 4.07. The summed E-state index contributed by atoms with van der Waals surface area (Å²) in [7, 11) is 0. The summed E-state index contributed by atoms with van der Waals surface area (Å²) in [6.45, 7) is 1.07. The monoisotopic (exact) mass is 422 g/mol. The van der Waals surface area contributed by atoms with Crippen molar-refractivity contribution in [2.75, 3.05) is 12.3 Å². The Bertz CT molecular complexity index is 1130. The van der Waals surface area contributed by atoms with Gasteiger partial charge in [-0.3, -0.25) is 9.59 Å². The summed E-state index contributed by atoms with van der Waals surface area (Å²) in [5, 5.41) is 13.2. The molecule has 0 spiro atoms. The second-order valence-electron chi connectivity index (χ2n) is 7.59. The number of benzene rings is 1. The number of fused-ring (bicyclic) bond motifs is 1. The number of amides is 1. The van der Waals surface area contributed by atoms with E-state index >= 15 is 0 Å². The van der Waals surface area contributed by atoms with Crippen LogP contribution in [-0.2, 0) is 18.7 Å². The van der Waals surface area contributed by atoms with Gasteiger partial charge in [0.2, 0.25) is 0 Å². The maximum Gasteiger partial charge on any atom is 0.276 e. The van der Waals surface area contributed by atoms with E-state index in [1.807, 2.05) is 47.0 Å². The molecule has 1 amide bonds. The normalized spacial score (nSPS) is 18.4. The topological polar surface area (TPSA) is 85.9 Å². The Balaban J connectivity index is 1.35. The number of para-hydroxylation sites is 1. The standard InChI is InChI=1S/C21H22N6O2S/c28-20-11-15-14-30-10-8-18(15)23-26(20)13-17-7-4-9-25(17)21(29)19-12-22-27(24-19)16-5-2-1-3-6-16/h1-3,5-6,11-12,17H,4,7-10,13-14H2. The Morgan fingerprint density at radius 1 is 1.20 bits per heavy atom. The number of nitrogens with zero attached hydrogens (tertiary/aromatic N) is 6. The van der Waals surface area contributed by atoms with E-state index in [4.69, 9.17) is 0 Å². The van der Waals surface area contributed by atoms with Crippen LogP contribution in [0.1, 0.15) is 34.6 Å². The molecule has 3 aromatic rings. The van der Waals surface area contributed by atoms with Crippen molar-refractivity contribution < 1.29 is 4.79 Å². The van der Waals surface area contributed by atoms with Crippen molar-refractivity contribution in [1.29, 1.82) is 0 Å². The highest BCUT2D eigenvalue weighted by Crippen LogP contribution is 2.23. The van der Waals surface area contributed by atoms with Crippen LogP contribution in [-0.4, -0.2) is 53.9 Å². The second-order valence-corrected chi connectivity index (χ2v) is 8.69. The van der Waals surface area contributed by atoms with Crippen LogP contribution < -0.4 is 5.56 Å². The van der Waals surface area contributed by atoms with Crippen molar-refractivity contribution in [2.45, 2.75) is 37.6 Å². The van der Waals surface area contributed by atoms with E-state index in [0.717, 1.165) is 47.7 Å². The summed E-state index contributed by atoms with van der Waals surface area (Å²) in [5.74, 6) is 1.73. The molecule has 0 bridgehead atoms. The van der Waals surface area contributed by atoms with Crippen LogP contribution in [0.2, 0.25) is 0 Å². The first-order valence-corrected chi connectivity index (χ1v) is 11.3. The minimum Gasteiger partial charge on any atom is -0.332 e. The first-order chi connectivity index (χ1) is 14.7. The van der Waals surface area contributed by atoms with E-state index in [9.17, 15) is 9.59 Å². The van der Waals surface area contributed by atoms with Gasteiger partial charge < -0.3 is 4.90 Å². The summed E-state index contributed by atoms with van der Waals surface area (Å²) in [4.78, 5) is 28.9. The highest BCUT2D eigenvalue weighted by molar-refractivity contribution is 7.98.